The standard InChI is InChI=1S/C13H14N2S/c1-11(12-5-3-2-4-6-12)7-9-15-10-8-14-13(15)16/h2-8,10H,9H2,1H3,(H,14,16)/b11-7+. The first kappa shape index (κ1) is 10.9. The second-order valence-electron chi connectivity index (χ2n) is 3.67. The molecule has 0 aliphatic rings. The van der Waals surface area contributed by atoms with Crippen molar-refractivity contribution in [2.45, 2.75) is 13.5 Å². The lowest BCUT2D eigenvalue weighted by atomic mass is 10.1. The molecule has 1 aromatic heterocycles. The van der Waals surface area contributed by atoms with Crippen LogP contribution in [-0.2, 0) is 6.54 Å². The van der Waals surface area contributed by atoms with Crippen LogP contribution in [-0.4, -0.2) is 9.55 Å². The molecule has 82 valence electrons. The molecule has 1 heterocycles. The third-order valence-corrected chi connectivity index (χ3v) is 2.90. The molecule has 0 spiro atoms. The van der Waals surface area contributed by atoms with Crippen molar-refractivity contribution in [3.63, 3.8) is 0 Å². The Morgan fingerprint density at radius 3 is 2.75 bits per heavy atom. The molecule has 0 amide bonds. The molecule has 0 atom stereocenters. The molecule has 2 rings (SSSR count). The molecule has 1 aromatic carbocycles. The highest BCUT2D eigenvalue weighted by Crippen LogP contribution is 2.12. The normalized spacial score (nSPS) is 11.7. The number of allylic oxidation sites excluding steroid dienone is 2. The first-order valence-electron chi connectivity index (χ1n) is 5.23. The smallest absolute Gasteiger partial charge is 0.177 e. The Morgan fingerprint density at radius 1 is 1.38 bits per heavy atom. The van der Waals surface area contributed by atoms with E-state index < -0.39 is 0 Å². The molecule has 16 heavy (non-hydrogen) atoms. The number of benzene rings is 1. The zero-order chi connectivity index (χ0) is 11.4. The minimum absolute atomic E-state index is 0.761. The summed E-state index contributed by atoms with van der Waals surface area (Å²) in [6.07, 6.45) is 5.99. The summed E-state index contributed by atoms with van der Waals surface area (Å²) < 4.78 is 2.76. The van der Waals surface area contributed by atoms with Gasteiger partial charge in [0.25, 0.3) is 0 Å². The monoisotopic (exact) mass is 230 g/mol. The van der Waals surface area contributed by atoms with Gasteiger partial charge in [-0.25, -0.2) is 0 Å². The highest BCUT2D eigenvalue weighted by Gasteiger charge is 1.94. The highest BCUT2D eigenvalue weighted by molar-refractivity contribution is 7.71. The van der Waals surface area contributed by atoms with Crippen LogP contribution < -0.4 is 0 Å². The number of nitrogens with zero attached hydrogens (tertiary/aromatic N) is 1. The third-order valence-electron chi connectivity index (χ3n) is 2.55. The lowest BCUT2D eigenvalue weighted by Gasteiger charge is -2.02. The summed E-state index contributed by atoms with van der Waals surface area (Å²) in [5.41, 5.74) is 2.52. The van der Waals surface area contributed by atoms with Crippen molar-refractivity contribution in [1.29, 1.82) is 0 Å². The molecule has 0 unspecified atom stereocenters. The first-order chi connectivity index (χ1) is 7.77. The summed E-state index contributed by atoms with van der Waals surface area (Å²) in [5, 5.41) is 0. The van der Waals surface area contributed by atoms with Crippen molar-refractivity contribution in [2.75, 3.05) is 0 Å². The van der Waals surface area contributed by atoms with Gasteiger partial charge < -0.3 is 9.55 Å². The Morgan fingerprint density at radius 2 is 2.12 bits per heavy atom. The lowest BCUT2D eigenvalue weighted by molar-refractivity contribution is 0.806. The number of nitrogens with one attached hydrogen (secondary N) is 1. The van der Waals surface area contributed by atoms with E-state index in [9.17, 15) is 0 Å². The molecule has 0 radical (unpaired) electrons. The van der Waals surface area contributed by atoms with Crippen molar-refractivity contribution >= 4 is 17.8 Å². The van der Waals surface area contributed by atoms with Gasteiger partial charge in [0.05, 0.1) is 0 Å². The predicted octanol–water partition coefficient (Wildman–Crippen LogP) is 3.65. The molecule has 0 saturated carbocycles. The summed E-state index contributed by atoms with van der Waals surface area (Å²) in [5.74, 6) is 0. The molecule has 3 heteroatoms. The minimum Gasteiger partial charge on any atom is -0.337 e. The second-order valence-corrected chi connectivity index (χ2v) is 4.06. The van der Waals surface area contributed by atoms with Gasteiger partial charge >= 0.3 is 0 Å². The average molecular weight is 230 g/mol. The van der Waals surface area contributed by atoms with Crippen LogP contribution in [0.15, 0.2) is 48.8 Å². The topological polar surface area (TPSA) is 20.7 Å². The fourth-order valence-corrected chi connectivity index (χ4v) is 1.75. The number of imidazole rings is 1. The van der Waals surface area contributed by atoms with Crippen molar-refractivity contribution in [3.05, 3.63) is 59.1 Å². The van der Waals surface area contributed by atoms with Gasteiger partial charge in [0.1, 0.15) is 0 Å². The van der Waals surface area contributed by atoms with Crippen LogP contribution in [0.5, 0.6) is 0 Å². The van der Waals surface area contributed by atoms with E-state index in [0.717, 1.165) is 11.3 Å². The van der Waals surface area contributed by atoms with E-state index in [0.29, 0.717) is 0 Å². The van der Waals surface area contributed by atoms with E-state index in [2.05, 4.69) is 42.2 Å². The zero-order valence-electron chi connectivity index (χ0n) is 9.18. The number of hydrogen-bond donors (Lipinski definition) is 1. The Balaban J connectivity index is 2.15. The van der Waals surface area contributed by atoms with Crippen LogP contribution >= 0.6 is 12.2 Å². The molecule has 0 aliphatic carbocycles. The van der Waals surface area contributed by atoms with Gasteiger partial charge in [-0.15, -0.1) is 0 Å². The van der Waals surface area contributed by atoms with Crippen LogP contribution in [0.4, 0.5) is 0 Å². The minimum atomic E-state index is 0.761. The second kappa shape index (κ2) is 4.94. The van der Waals surface area contributed by atoms with Crippen molar-refractivity contribution in [2.24, 2.45) is 0 Å². The van der Waals surface area contributed by atoms with Gasteiger partial charge in [-0.3, -0.25) is 0 Å². The summed E-state index contributed by atoms with van der Waals surface area (Å²) in [6, 6.07) is 10.4. The zero-order valence-corrected chi connectivity index (χ0v) is 10.00. The van der Waals surface area contributed by atoms with Crippen LogP contribution in [0.3, 0.4) is 0 Å². The average Bonchev–Trinajstić information content (AvgIpc) is 2.73. The summed E-state index contributed by atoms with van der Waals surface area (Å²) in [4.78, 5) is 2.98. The van der Waals surface area contributed by atoms with E-state index in [1.165, 1.54) is 11.1 Å². The maximum absolute atomic E-state index is 5.13. The molecular formula is C13H14N2S. The number of aromatic amines is 1. The van der Waals surface area contributed by atoms with Crippen molar-refractivity contribution in [1.82, 2.24) is 9.55 Å². The van der Waals surface area contributed by atoms with Gasteiger partial charge in [-0.2, -0.15) is 0 Å². The molecular weight excluding hydrogens is 216 g/mol. The van der Waals surface area contributed by atoms with Gasteiger partial charge in [-0.1, -0.05) is 36.4 Å². The quantitative estimate of drug-likeness (QED) is 0.798. The lowest BCUT2D eigenvalue weighted by Crippen LogP contribution is -1.93. The Labute approximate surface area is 100 Å². The fourth-order valence-electron chi connectivity index (χ4n) is 1.55. The summed E-state index contributed by atoms with van der Waals surface area (Å²) in [6.45, 7) is 2.93. The van der Waals surface area contributed by atoms with Crippen LogP contribution in [0, 0.1) is 4.77 Å². The molecule has 0 fully saturated rings. The fraction of sp³-hybridized carbons (Fsp3) is 0.154. The molecule has 2 aromatic rings. The molecule has 0 bridgehead atoms. The molecule has 1 N–H and O–H groups in total. The van der Waals surface area contributed by atoms with E-state index in [1.54, 1.807) is 0 Å². The van der Waals surface area contributed by atoms with Crippen LogP contribution in [0.25, 0.3) is 5.57 Å². The van der Waals surface area contributed by atoms with E-state index in [-0.39, 0.29) is 0 Å². The predicted molar refractivity (Wildman–Crippen MR) is 69.7 cm³/mol. The van der Waals surface area contributed by atoms with Gasteiger partial charge in [0.15, 0.2) is 4.77 Å². The molecule has 2 nitrogen and oxygen atoms in total. The van der Waals surface area contributed by atoms with Crippen LogP contribution in [0.1, 0.15) is 12.5 Å². The largest absolute Gasteiger partial charge is 0.337 e. The highest BCUT2D eigenvalue weighted by atomic mass is 32.1. The SMILES string of the molecule is C/C(=C\Cn1cc[nH]c1=S)c1ccccc1. The maximum atomic E-state index is 5.13. The number of aromatic nitrogens is 2. The van der Waals surface area contributed by atoms with Gasteiger partial charge in [0.2, 0.25) is 0 Å². The number of rotatable bonds is 3. The number of H-pyrrole nitrogens is 1. The van der Waals surface area contributed by atoms with E-state index >= 15 is 0 Å². The Bertz CT molecular complexity index is 534. The Kier molecular flexibility index (Phi) is 3.37. The summed E-state index contributed by atoms with van der Waals surface area (Å²) >= 11 is 5.13. The number of hydrogen-bond acceptors (Lipinski definition) is 1. The summed E-state index contributed by atoms with van der Waals surface area (Å²) in [7, 11) is 0. The Hall–Kier alpha value is -1.61. The van der Waals surface area contributed by atoms with Crippen molar-refractivity contribution < 1.29 is 0 Å². The molecule has 0 aliphatic heterocycles. The first-order valence-corrected chi connectivity index (χ1v) is 5.64. The van der Waals surface area contributed by atoms with Crippen LogP contribution in [0.2, 0.25) is 0 Å². The van der Waals surface area contributed by atoms with E-state index in [1.807, 2.05) is 23.0 Å². The maximum Gasteiger partial charge on any atom is 0.177 e. The van der Waals surface area contributed by atoms with Crippen molar-refractivity contribution in [3.8, 4) is 0 Å². The van der Waals surface area contributed by atoms with E-state index in [4.69, 9.17) is 12.2 Å². The third kappa shape index (κ3) is 2.49. The molecule has 0 saturated heterocycles. The van der Waals surface area contributed by atoms with Gasteiger partial charge in [0, 0.05) is 18.9 Å². The van der Waals surface area contributed by atoms with Gasteiger partial charge in [-0.05, 0) is 30.3 Å².